The number of amides is 1. The summed E-state index contributed by atoms with van der Waals surface area (Å²) in [6.45, 7) is 3.10. The van der Waals surface area contributed by atoms with Crippen molar-refractivity contribution in [2.24, 2.45) is 0 Å². The monoisotopic (exact) mass is 303 g/mol. The fourth-order valence-electron chi connectivity index (χ4n) is 2.41. The molecule has 8 nitrogen and oxygen atoms in total. The molecule has 0 unspecified atom stereocenters. The molecule has 22 heavy (non-hydrogen) atoms. The third kappa shape index (κ3) is 2.77. The van der Waals surface area contributed by atoms with E-state index in [0.717, 1.165) is 0 Å². The van der Waals surface area contributed by atoms with Gasteiger partial charge in [0, 0.05) is 32.1 Å². The Labute approximate surface area is 127 Å². The van der Waals surface area contributed by atoms with Crippen molar-refractivity contribution in [3.63, 3.8) is 0 Å². The van der Waals surface area contributed by atoms with E-state index >= 15 is 0 Å². The van der Waals surface area contributed by atoms with E-state index in [1.807, 2.05) is 0 Å². The second-order valence-corrected chi connectivity index (χ2v) is 4.97. The molecular weight excluding hydrogens is 286 g/mol. The van der Waals surface area contributed by atoms with E-state index in [2.05, 4.69) is 20.4 Å². The zero-order valence-corrected chi connectivity index (χ0v) is 12.4. The normalized spacial score (nSPS) is 18.3. The molecule has 1 N–H and O–H groups in total. The first-order chi connectivity index (χ1) is 10.7. The molecule has 0 saturated carbocycles. The van der Waals surface area contributed by atoms with Gasteiger partial charge in [0.1, 0.15) is 23.4 Å². The van der Waals surface area contributed by atoms with Crippen LogP contribution in [0.5, 0.6) is 0 Å². The Morgan fingerprint density at radius 2 is 2.23 bits per heavy atom. The number of nitrogens with zero attached hydrogens (tertiary/aromatic N) is 4. The summed E-state index contributed by atoms with van der Waals surface area (Å²) in [5.74, 6) is 1.10. The first kappa shape index (κ1) is 14.5. The summed E-state index contributed by atoms with van der Waals surface area (Å²) in [5, 5.41) is 6.76. The molecule has 2 aromatic heterocycles. The van der Waals surface area contributed by atoms with E-state index in [1.54, 1.807) is 37.3 Å². The molecule has 1 atom stereocenters. The van der Waals surface area contributed by atoms with Crippen LogP contribution in [0.1, 0.15) is 28.0 Å². The van der Waals surface area contributed by atoms with Gasteiger partial charge in [-0.2, -0.15) is 0 Å². The van der Waals surface area contributed by atoms with Crippen LogP contribution in [0.3, 0.4) is 0 Å². The van der Waals surface area contributed by atoms with Crippen LogP contribution in [0.4, 0.5) is 5.82 Å². The Morgan fingerprint density at radius 3 is 2.95 bits per heavy atom. The Bertz CT molecular complexity index is 672. The van der Waals surface area contributed by atoms with Crippen molar-refractivity contribution in [2.75, 3.05) is 32.1 Å². The fraction of sp³-hybridized carbons (Fsp3) is 0.429. The van der Waals surface area contributed by atoms with Crippen molar-refractivity contribution in [1.82, 2.24) is 20.0 Å². The molecule has 2 aromatic rings. The molecule has 116 valence electrons. The number of hydrogen-bond acceptors (Lipinski definition) is 7. The van der Waals surface area contributed by atoms with Crippen LogP contribution in [-0.4, -0.2) is 52.7 Å². The van der Waals surface area contributed by atoms with E-state index < -0.39 is 0 Å². The Hall–Kier alpha value is -2.48. The average molecular weight is 303 g/mol. The molecule has 0 aliphatic carbocycles. The minimum Gasteiger partial charge on any atom is -0.372 e. The first-order valence-electron chi connectivity index (χ1n) is 7.02. The second-order valence-electron chi connectivity index (χ2n) is 4.97. The lowest BCUT2D eigenvalue weighted by molar-refractivity contribution is -0.0248. The highest BCUT2D eigenvalue weighted by molar-refractivity contribution is 5.92. The maximum absolute atomic E-state index is 12.4. The molecule has 0 bridgehead atoms. The number of carbonyl (C=O) groups excluding carboxylic acids is 1. The molecule has 0 spiro atoms. The van der Waals surface area contributed by atoms with Crippen molar-refractivity contribution >= 4 is 11.7 Å². The minimum absolute atomic E-state index is 0.167. The van der Waals surface area contributed by atoms with Gasteiger partial charge in [0.2, 0.25) is 0 Å². The lowest BCUT2D eigenvalue weighted by Crippen LogP contribution is -2.42. The van der Waals surface area contributed by atoms with Crippen LogP contribution in [0.25, 0.3) is 0 Å². The number of anilines is 1. The summed E-state index contributed by atoms with van der Waals surface area (Å²) in [4.78, 5) is 22.7. The van der Waals surface area contributed by atoms with Crippen molar-refractivity contribution in [3.05, 3.63) is 35.6 Å². The van der Waals surface area contributed by atoms with Gasteiger partial charge in [-0.15, -0.1) is 0 Å². The highest BCUT2D eigenvalue weighted by atomic mass is 16.5. The number of aryl methyl sites for hydroxylation is 1. The maximum Gasteiger partial charge on any atom is 0.276 e. The lowest BCUT2D eigenvalue weighted by atomic mass is 10.2. The van der Waals surface area contributed by atoms with Crippen molar-refractivity contribution < 1.29 is 14.1 Å². The number of rotatable bonds is 3. The maximum atomic E-state index is 12.4. The minimum atomic E-state index is -0.318. The number of hydrogen-bond donors (Lipinski definition) is 1. The Morgan fingerprint density at radius 1 is 1.41 bits per heavy atom. The zero-order valence-electron chi connectivity index (χ0n) is 12.4. The molecule has 3 rings (SSSR count). The van der Waals surface area contributed by atoms with Crippen LogP contribution in [0.15, 0.2) is 23.0 Å². The van der Waals surface area contributed by atoms with Crippen molar-refractivity contribution in [2.45, 2.75) is 13.0 Å². The van der Waals surface area contributed by atoms with Gasteiger partial charge in [0.15, 0.2) is 5.69 Å². The van der Waals surface area contributed by atoms with Gasteiger partial charge in [0.05, 0.1) is 13.2 Å². The van der Waals surface area contributed by atoms with Gasteiger partial charge in [0.25, 0.3) is 5.91 Å². The lowest BCUT2D eigenvalue weighted by Gasteiger charge is -2.32. The van der Waals surface area contributed by atoms with E-state index in [9.17, 15) is 4.79 Å². The summed E-state index contributed by atoms with van der Waals surface area (Å²) in [6, 6.07) is 1.63. The molecule has 1 saturated heterocycles. The number of aromatic nitrogens is 3. The van der Waals surface area contributed by atoms with Crippen LogP contribution in [0.2, 0.25) is 0 Å². The number of ether oxygens (including phenoxy) is 1. The SMILES string of the molecule is CNc1nccnc1[C@H]1CN(C(=O)c2cc(C)on2)CCO1. The van der Waals surface area contributed by atoms with Crippen LogP contribution >= 0.6 is 0 Å². The summed E-state index contributed by atoms with van der Waals surface area (Å²) in [5.41, 5.74) is 1.00. The molecule has 1 aliphatic rings. The van der Waals surface area contributed by atoms with Crippen molar-refractivity contribution in [3.8, 4) is 0 Å². The number of carbonyl (C=O) groups is 1. The Kier molecular flexibility index (Phi) is 4.01. The van der Waals surface area contributed by atoms with Gasteiger partial charge in [-0.3, -0.25) is 9.78 Å². The van der Waals surface area contributed by atoms with Crippen LogP contribution in [-0.2, 0) is 4.74 Å². The molecule has 8 heteroatoms. The van der Waals surface area contributed by atoms with Gasteiger partial charge in [-0.05, 0) is 6.92 Å². The first-order valence-corrected chi connectivity index (χ1v) is 7.02. The van der Waals surface area contributed by atoms with E-state index in [4.69, 9.17) is 9.26 Å². The summed E-state index contributed by atoms with van der Waals surface area (Å²) in [6.07, 6.45) is 2.91. The molecular formula is C14H17N5O3. The van der Waals surface area contributed by atoms with Gasteiger partial charge >= 0.3 is 0 Å². The van der Waals surface area contributed by atoms with E-state index in [-0.39, 0.29) is 12.0 Å². The molecule has 0 radical (unpaired) electrons. The highest BCUT2D eigenvalue weighted by Gasteiger charge is 2.29. The molecule has 1 aliphatic heterocycles. The van der Waals surface area contributed by atoms with Gasteiger partial charge in [-0.1, -0.05) is 5.16 Å². The molecule has 3 heterocycles. The molecule has 1 amide bonds. The largest absolute Gasteiger partial charge is 0.372 e. The smallest absolute Gasteiger partial charge is 0.276 e. The third-order valence-electron chi connectivity index (χ3n) is 3.47. The van der Waals surface area contributed by atoms with Gasteiger partial charge < -0.3 is 19.5 Å². The predicted molar refractivity (Wildman–Crippen MR) is 77.4 cm³/mol. The quantitative estimate of drug-likeness (QED) is 0.905. The zero-order chi connectivity index (χ0) is 15.5. The highest BCUT2D eigenvalue weighted by Crippen LogP contribution is 2.25. The summed E-state index contributed by atoms with van der Waals surface area (Å²) < 4.78 is 10.7. The van der Waals surface area contributed by atoms with E-state index in [1.165, 1.54) is 0 Å². The van der Waals surface area contributed by atoms with E-state index in [0.29, 0.717) is 42.7 Å². The number of nitrogens with one attached hydrogen (secondary N) is 1. The second kappa shape index (κ2) is 6.10. The third-order valence-corrected chi connectivity index (χ3v) is 3.47. The number of morpholine rings is 1. The van der Waals surface area contributed by atoms with Crippen molar-refractivity contribution in [1.29, 1.82) is 0 Å². The summed E-state index contributed by atoms with van der Waals surface area (Å²) in [7, 11) is 1.78. The van der Waals surface area contributed by atoms with Crippen LogP contribution in [0, 0.1) is 6.92 Å². The standard InChI is InChI=1S/C14H17N5O3/c1-9-7-10(18-22-9)14(20)19-5-6-21-11(8-19)12-13(15-2)17-4-3-16-12/h3-4,7,11H,5-6,8H2,1-2H3,(H,15,17)/t11-/m1/s1. The Balaban J connectivity index is 1.78. The summed E-state index contributed by atoms with van der Waals surface area (Å²) >= 11 is 0. The molecule has 1 fully saturated rings. The predicted octanol–water partition coefficient (Wildman–Crippen LogP) is 1.03. The average Bonchev–Trinajstić information content (AvgIpc) is 3.00. The molecule has 0 aromatic carbocycles. The van der Waals surface area contributed by atoms with Crippen LogP contribution < -0.4 is 5.32 Å². The topological polar surface area (TPSA) is 93.4 Å². The van der Waals surface area contributed by atoms with Gasteiger partial charge in [-0.25, -0.2) is 4.98 Å². The fourth-order valence-corrected chi connectivity index (χ4v) is 2.41.